The molecule has 0 saturated carbocycles. The summed E-state index contributed by atoms with van der Waals surface area (Å²) in [5.41, 5.74) is 0. The van der Waals surface area contributed by atoms with E-state index in [0.29, 0.717) is 0 Å². The third-order valence-corrected chi connectivity index (χ3v) is 2.45. The van der Waals surface area contributed by atoms with Crippen LogP contribution in [0.4, 0.5) is 5.95 Å². The van der Waals surface area contributed by atoms with E-state index in [1.54, 1.807) is 0 Å². The van der Waals surface area contributed by atoms with Crippen molar-refractivity contribution in [2.75, 3.05) is 12.4 Å². The van der Waals surface area contributed by atoms with Gasteiger partial charge in [0.2, 0.25) is 11.2 Å². The molecule has 8 heteroatoms. The van der Waals surface area contributed by atoms with Crippen molar-refractivity contribution in [1.82, 2.24) is 15.0 Å². The van der Waals surface area contributed by atoms with E-state index in [0.717, 1.165) is 0 Å². The standard InChI is InChI=1S/C10H15ClN4O3/c1-5(2)6(4-7(16)17)12-9-13-8(11)14-10(15-9)18-3/h5-6H,4H2,1-3H3,(H,16,17)(H,12,13,14,15). The van der Waals surface area contributed by atoms with E-state index >= 15 is 0 Å². The van der Waals surface area contributed by atoms with Crippen molar-refractivity contribution >= 4 is 23.5 Å². The summed E-state index contributed by atoms with van der Waals surface area (Å²) in [7, 11) is 1.41. The Labute approximate surface area is 110 Å². The van der Waals surface area contributed by atoms with Crippen LogP contribution in [-0.2, 0) is 4.79 Å². The number of hydrogen-bond acceptors (Lipinski definition) is 6. The molecule has 0 aliphatic rings. The second-order valence-corrected chi connectivity index (χ2v) is 4.35. The Kier molecular flexibility index (Phi) is 5.08. The van der Waals surface area contributed by atoms with Gasteiger partial charge in [0, 0.05) is 6.04 Å². The molecule has 0 aromatic carbocycles. The third kappa shape index (κ3) is 4.33. The van der Waals surface area contributed by atoms with Gasteiger partial charge in [-0.1, -0.05) is 13.8 Å². The fraction of sp³-hybridized carbons (Fsp3) is 0.600. The summed E-state index contributed by atoms with van der Waals surface area (Å²) in [5.74, 6) is -0.595. The fourth-order valence-electron chi connectivity index (χ4n) is 1.30. The molecule has 1 aromatic heterocycles. The number of aromatic nitrogens is 3. The average Bonchev–Trinajstić information content (AvgIpc) is 2.26. The van der Waals surface area contributed by atoms with Crippen LogP contribution < -0.4 is 10.1 Å². The van der Waals surface area contributed by atoms with E-state index < -0.39 is 5.97 Å². The Balaban J connectivity index is 2.86. The summed E-state index contributed by atoms with van der Waals surface area (Å²) >= 11 is 5.70. The van der Waals surface area contributed by atoms with Crippen molar-refractivity contribution in [3.05, 3.63) is 5.28 Å². The lowest BCUT2D eigenvalue weighted by molar-refractivity contribution is -0.137. The van der Waals surface area contributed by atoms with Crippen LogP contribution in [0.15, 0.2) is 0 Å². The van der Waals surface area contributed by atoms with E-state index in [1.807, 2.05) is 13.8 Å². The number of hydrogen-bond donors (Lipinski definition) is 2. The van der Waals surface area contributed by atoms with Crippen LogP contribution in [0.2, 0.25) is 5.28 Å². The Morgan fingerprint density at radius 3 is 2.61 bits per heavy atom. The lowest BCUT2D eigenvalue weighted by Crippen LogP contribution is -2.29. The number of carboxylic acid groups (broad SMARTS) is 1. The molecule has 0 fully saturated rings. The third-order valence-electron chi connectivity index (χ3n) is 2.28. The summed E-state index contributed by atoms with van der Waals surface area (Å²) in [6.45, 7) is 3.81. The Morgan fingerprint density at radius 2 is 2.11 bits per heavy atom. The fourth-order valence-corrected chi connectivity index (χ4v) is 1.45. The molecule has 1 heterocycles. The number of methoxy groups -OCH3 is 1. The van der Waals surface area contributed by atoms with Gasteiger partial charge in [0.25, 0.3) is 0 Å². The molecule has 0 bridgehead atoms. The molecule has 0 radical (unpaired) electrons. The highest BCUT2D eigenvalue weighted by molar-refractivity contribution is 6.28. The lowest BCUT2D eigenvalue weighted by Gasteiger charge is -2.20. The molecule has 0 spiro atoms. The zero-order valence-corrected chi connectivity index (χ0v) is 11.1. The second kappa shape index (κ2) is 6.34. The highest BCUT2D eigenvalue weighted by Gasteiger charge is 2.18. The summed E-state index contributed by atoms with van der Waals surface area (Å²) in [6.07, 6.45) is -0.0384. The van der Waals surface area contributed by atoms with Crippen molar-refractivity contribution in [3.8, 4) is 6.01 Å². The van der Waals surface area contributed by atoms with Crippen LogP contribution in [-0.4, -0.2) is 39.2 Å². The number of rotatable bonds is 6. The molecule has 7 nitrogen and oxygen atoms in total. The summed E-state index contributed by atoms with van der Waals surface area (Å²) in [6, 6.07) is -0.221. The average molecular weight is 275 g/mol. The molecule has 0 aliphatic carbocycles. The van der Waals surface area contributed by atoms with Gasteiger partial charge in [0.05, 0.1) is 13.5 Å². The zero-order chi connectivity index (χ0) is 13.7. The zero-order valence-electron chi connectivity index (χ0n) is 10.3. The Morgan fingerprint density at radius 1 is 1.44 bits per heavy atom. The lowest BCUT2D eigenvalue weighted by atomic mass is 10.0. The molecule has 1 aromatic rings. The minimum atomic E-state index is -0.895. The molecule has 1 atom stereocenters. The first kappa shape index (κ1) is 14.4. The van der Waals surface area contributed by atoms with Gasteiger partial charge in [-0.05, 0) is 17.5 Å². The van der Waals surface area contributed by atoms with Crippen LogP contribution >= 0.6 is 11.6 Å². The van der Waals surface area contributed by atoms with Crippen molar-refractivity contribution in [2.24, 2.45) is 5.92 Å². The molecule has 1 rings (SSSR count). The molecule has 1 unspecified atom stereocenters. The number of halogens is 1. The van der Waals surface area contributed by atoms with Gasteiger partial charge in [-0.2, -0.15) is 15.0 Å². The number of nitrogens with one attached hydrogen (secondary N) is 1. The number of aliphatic carboxylic acids is 1. The van der Waals surface area contributed by atoms with Gasteiger partial charge in [0.15, 0.2) is 0 Å². The molecular weight excluding hydrogens is 260 g/mol. The van der Waals surface area contributed by atoms with Gasteiger partial charge in [-0.25, -0.2) is 0 Å². The number of anilines is 1. The first-order valence-electron chi connectivity index (χ1n) is 5.36. The van der Waals surface area contributed by atoms with Gasteiger partial charge < -0.3 is 15.2 Å². The first-order chi connectivity index (χ1) is 8.42. The molecule has 100 valence electrons. The Bertz CT molecular complexity index is 428. The topological polar surface area (TPSA) is 97.2 Å². The largest absolute Gasteiger partial charge is 0.481 e. The van der Waals surface area contributed by atoms with Crippen LogP contribution in [0.1, 0.15) is 20.3 Å². The highest BCUT2D eigenvalue weighted by atomic mass is 35.5. The molecular formula is C10H15ClN4O3. The molecule has 18 heavy (non-hydrogen) atoms. The molecule has 0 aliphatic heterocycles. The van der Waals surface area contributed by atoms with E-state index in [1.165, 1.54) is 7.11 Å². The quantitative estimate of drug-likeness (QED) is 0.810. The maximum absolute atomic E-state index is 10.8. The minimum absolute atomic E-state index is 0.0119. The Hall–Kier alpha value is -1.63. The van der Waals surface area contributed by atoms with Crippen molar-refractivity contribution in [2.45, 2.75) is 26.3 Å². The van der Waals surface area contributed by atoms with E-state index in [-0.39, 0.29) is 35.6 Å². The minimum Gasteiger partial charge on any atom is -0.481 e. The van der Waals surface area contributed by atoms with Gasteiger partial charge in [-0.3, -0.25) is 4.79 Å². The summed E-state index contributed by atoms with van der Waals surface area (Å²) in [4.78, 5) is 22.3. The molecule has 0 amide bonds. The number of carboxylic acids is 1. The van der Waals surface area contributed by atoms with Crippen molar-refractivity contribution in [3.63, 3.8) is 0 Å². The van der Waals surface area contributed by atoms with Crippen LogP contribution in [0.25, 0.3) is 0 Å². The first-order valence-corrected chi connectivity index (χ1v) is 5.74. The number of ether oxygens (including phenoxy) is 1. The van der Waals surface area contributed by atoms with Gasteiger partial charge in [-0.15, -0.1) is 0 Å². The predicted octanol–water partition coefficient (Wildman–Crippen LogP) is 1.44. The van der Waals surface area contributed by atoms with Crippen molar-refractivity contribution < 1.29 is 14.6 Å². The van der Waals surface area contributed by atoms with Gasteiger partial charge in [0.1, 0.15) is 0 Å². The van der Waals surface area contributed by atoms with Crippen molar-refractivity contribution in [1.29, 1.82) is 0 Å². The maximum Gasteiger partial charge on any atom is 0.322 e. The monoisotopic (exact) mass is 274 g/mol. The number of nitrogens with zero attached hydrogens (tertiary/aromatic N) is 3. The number of carbonyl (C=O) groups is 1. The van der Waals surface area contributed by atoms with Crippen LogP contribution in [0.5, 0.6) is 6.01 Å². The van der Waals surface area contributed by atoms with E-state index in [9.17, 15) is 4.79 Å². The summed E-state index contributed by atoms with van der Waals surface area (Å²) < 4.78 is 4.86. The van der Waals surface area contributed by atoms with E-state index in [4.69, 9.17) is 21.4 Å². The predicted molar refractivity (Wildman–Crippen MR) is 65.9 cm³/mol. The maximum atomic E-state index is 10.8. The molecule has 2 N–H and O–H groups in total. The molecule has 0 saturated heterocycles. The highest BCUT2D eigenvalue weighted by Crippen LogP contribution is 2.15. The normalized spacial score (nSPS) is 12.3. The smallest absolute Gasteiger partial charge is 0.322 e. The second-order valence-electron chi connectivity index (χ2n) is 4.01. The SMILES string of the molecule is COc1nc(Cl)nc(NC(CC(=O)O)C(C)C)n1. The van der Waals surface area contributed by atoms with Crippen LogP contribution in [0.3, 0.4) is 0 Å². The van der Waals surface area contributed by atoms with Crippen LogP contribution in [0, 0.1) is 5.92 Å². The van der Waals surface area contributed by atoms with E-state index in [2.05, 4.69) is 20.3 Å². The summed E-state index contributed by atoms with van der Waals surface area (Å²) in [5, 5.41) is 11.7. The van der Waals surface area contributed by atoms with Gasteiger partial charge >= 0.3 is 12.0 Å².